The lowest BCUT2D eigenvalue weighted by Crippen LogP contribution is -1.98. The molecule has 0 radical (unpaired) electrons. The van der Waals surface area contributed by atoms with Crippen molar-refractivity contribution in [3.63, 3.8) is 0 Å². The summed E-state index contributed by atoms with van der Waals surface area (Å²) >= 11 is 5.28. The van der Waals surface area contributed by atoms with E-state index in [1.165, 1.54) is 4.88 Å². The van der Waals surface area contributed by atoms with Gasteiger partial charge in [-0.05, 0) is 51.6 Å². The lowest BCUT2D eigenvalue weighted by molar-refractivity contribution is 0.920. The van der Waals surface area contributed by atoms with E-state index in [1.807, 2.05) is 11.6 Å². The van der Waals surface area contributed by atoms with Crippen LogP contribution < -0.4 is 5.32 Å². The van der Waals surface area contributed by atoms with Crippen LogP contribution in [0, 0.1) is 0 Å². The Morgan fingerprint density at radius 2 is 2.05 bits per heavy atom. The van der Waals surface area contributed by atoms with Crippen molar-refractivity contribution in [3.8, 4) is 11.4 Å². The maximum absolute atomic E-state index is 4.10. The van der Waals surface area contributed by atoms with Gasteiger partial charge in [0.2, 0.25) is 0 Å². The summed E-state index contributed by atoms with van der Waals surface area (Å²) in [4.78, 5) is 1.29. The van der Waals surface area contributed by atoms with Gasteiger partial charge in [-0.3, -0.25) is 0 Å². The van der Waals surface area contributed by atoms with Crippen LogP contribution in [-0.2, 0) is 13.6 Å². The number of nitrogens with zero attached hydrogens (tertiary/aromatic N) is 3. The molecule has 0 aliphatic carbocycles. The van der Waals surface area contributed by atoms with Gasteiger partial charge in [0.25, 0.3) is 0 Å². The molecule has 0 atom stereocenters. The van der Waals surface area contributed by atoms with Crippen LogP contribution in [0.5, 0.6) is 0 Å². The van der Waals surface area contributed by atoms with Crippen molar-refractivity contribution in [2.75, 3.05) is 5.32 Å². The molecule has 20 heavy (non-hydrogen) atoms. The van der Waals surface area contributed by atoms with Crippen LogP contribution in [0.2, 0.25) is 0 Å². The second-order valence-electron chi connectivity index (χ2n) is 4.39. The molecule has 3 rings (SSSR count). The van der Waals surface area contributed by atoms with Crippen molar-refractivity contribution in [2.45, 2.75) is 6.54 Å². The minimum absolute atomic E-state index is 0.821. The molecule has 3 aromatic rings. The van der Waals surface area contributed by atoms with Crippen LogP contribution in [0.4, 0.5) is 5.69 Å². The van der Waals surface area contributed by atoms with Gasteiger partial charge in [0.1, 0.15) is 6.33 Å². The van der Waals surface area contributed by atoms with Gasteiger partial charge in [0, 0.05) is 27.6 Å². The molecular weight excluding hydrogens is 336 g/mol. The first kappa shape index (κ1) is 13.3. The molecule has 0 bridgehead atoms. The van der Waals surface area contributed by atoms with Crippen LogP contribution >= 0.6 is 27.3 Å². The molecule has 0 saturated carbocycles. The van der Waals surface area contributed by atoms with Gasteiger partial charge >= 0.3 is 0 Å². The summed E-state index contributed by atoms with van der Waals surface area (Å²) in [6, 6.07) is 10.3. The maximum Gasteiger partial charge on any atom is 0.163 e. The number of rotatable bonds is 4. The van der Waals surface area contributed by atoms with Gasteiger partial charge in [-0.2, -0.15) is 0 Å². The zero-order chi connectivity index (χ0) is 13.9. The van der Waals surface area contributed by atoms with E-state index in [0.29, 0.717) is 0 Å². The third-order valence-corrected chi connectivity index (χ3v) is 4.92. The van der Waals surface area contributed by atoms with Crippen molar-refractivity contribution in [3.05, 3.63) is 51.4 Å². The topological polar surface area (TPSA) is 42.7 Å². The van der Waals surface area contributed by atoms with Crippen molar-refractivity contribution >= 4 is 33.0 Å². The number of halogens is 1. The van der Waals surface area contributed by atoms with Gasteiger partial charge in [-0.25, -0.2) is 0 Å². The molecule has 0 aliphatic rings. The first-order chi connectivity index (χ1) is 9.74. The van der Waals surface area contributed by atoms with Gasteiger partial charge in [-0.1, -0.05) is 0 Å². The molecule has 0 spiro atoms. The van der Waals surface area contributed by atoms with Crippen LogP contribution in [0.25, 0.3) is 11.4 Å². The third kappa shape index (κ3) is 2.76. The van der Waals surface area contributed by atoms with Gasteiger partial charge in [-0.15, -0.1) is 21.5 Å². The number of hydrogen-bond acceptors (Lipinski definition) is 4. The lowest BCUT2D eigenvalue weighted by Gasteiger charge is -2.07. The highest BCUT2D eigenvalue weighted by molar-refractivity contribution is 9.10. The average Bonchev–Trinajstić information content (AvgIpc) is 3.06. The van der Waals surface area contributed by atoms with E-state index in [0.717, 1.165) is 28.1 Å². The van der Waals surface area contributed by atoms with Gasteiger partial charge in [0.05, 0.1) is 6.54 Å². The Morgan fingerprint density at radius 1 is 1.25 bits per heavy atom. The van der Waals surface area contributed by atoms with Crippen molar-refractivity contribution in [1.29, 1.82) is 0 Å². The zero-order valence-corrected chi connectivity index (χ0v) is 13.3. The third-order valence-electron chi connectivity index (χ3n) is 3.00. The summed E-state index contributed by atoms with van der Waals surface area (Å²) in [6.45, 7) is 0.821. The Hall–Kier alpha value is -1.66. The summed E-state index contributed by atoms with van der Waals surface area (Å²) in [5.74, 6) is 0.873. The Bertz CT molecular complexity index is 702. The second-order valence-corrected chi connectivity index (χ2v) is 6.24. The summed E-state index contributed by atoms with van der Waals surface area (Å²) in [5, 5.41) is 13.5. The Labute approximate surface area is 129 Å². The fraction of sp³-hybridized carbons (Fsp3) is 0.143. The smallest absolute Gasteiger partial charge is 0.163 e. The van der Waals surface area contributed by atoms with E-state index < -0.39 is 0 Å². The molecule has 0 fully saturated rings. The van der Waals surface area contributed by atoms with E-state index in [4.69, 9.17) is 0 Å². The summed E-state index contributed by atoms with van der Waals surface area (Å²) in [5.41, 5.74) is 2.16. The lowest BCUT2D eigenvalue weighted by atomic mass is 10.2. The van der Waals surface area contributed by atoms with Crippen molar-refractivity contribution < 1.29 is 0 Å². The van der Waals surface area contributed by atoms with Crippen LogP contribution in [0.1, 0.15) is 4.88 Å². The minimum Gasteiger partial charge on any atom is -0.380 e. The first-order valence-electron chi connectivity index (χ1n) is 6.14. The van der Waals surface area contributed by atoms with Gasteiger partial charge in [0.15, 0.2) is 5.82 Å². The summed E-state index contributed by atoms with van der Waals surface area (Å²) in [7, 11) is 1.94. The number of aromatic nitrogens is 3. The highest BCUT2D eigenvalue weighted by Crippen LogP contribution is 2.24. The number of anilines is 1. The Balaban J connectivity index is 1.71. The number of thiophene rings is 1. The number of aryl methyl sites for hydroxylation is 1. The zero-order valence-electron chi connectivity index (χ0n) is 10.9. The van der Waals surface area contributed by atoms with Crippen LogP contribution in [-0.4, -0.2) is 14.8 Å². The molecule has 0 saturated heterocycles. The predicted molar refractivity (Wildman–Crippen MR) is 85.8 cm³/mol. The quantitative estimate of drug-likeness (QED) is 0.776. The van der Waals surface area contributed by atoms with Gasteiger partial charge < -0.3 is 9.88 Å². The fourth-order valence-electron chi connectivity index (χ4n) is 1.92. The minimum atomic E-state index is 0.821. The molecule has 2 aromatic heterocycles. The molecule has 4 nitrogen and oxygen atoms in total. The molecular formula is C14H13BrN4S. The number of hydrogen-bond donors (Lipinski definition) is 1. The molecule has 2 heterocycles. The highest BCUT2D eigenvalue weighted by atomic mass is 79.9. The second kappa shape index (κ2) is 5.76. The van der Waals surface area contributed by atoms with E-state index >= 15 is 0 Å². The maximum atomic E-state index is 4.10. The normalized spacial score (nSPS) is 10.7. The highest BCUT2D eigenvalue weighted by Gasteiger charge is 2.05. The monoisotopic (exact) mass is 348 g/mol. The van der Waals surface area contributed by atoms with E-state index in [9.17, 15) is 0 Å². The van der Waals surface area contributed by atoms with E-state index in [2.05, 4.69) is 67.2 Å². The predicted octanol–water partition coefficient (Wildman–Crippen LogP) is 3.92. The SMILES string of the molecule is Cn1cnnc1-c1ccc(NCc2sccc2Br)cc1. The molecule has 1 aromatic carbocycles. The van der Waals surface area contributed by atoms with E-state index in [1.54, 1.807) is 17.7 Å². The molecule has 1 N–H and O–H groups in total. The molecule has 6 heteroatoms. The number of nitrogens with one attached hydrogen (secondary N) is 1. The Kier molecular flexibility index (Phi) is 3.84. The van der Waals surface area contributed by atoms with E-state index in [-0.39, 0.29) is 0 Å². The Morgan fingerprint density at radius 3 is 2.65 bits per heavy atom. The van der Waals surface area contributed by atoms with Crippen molar-refractivity contribution in [2.24, 2.45) is 7.05 Å². The number of benzene rings is 1. The summed E-state index contributed by atoms with van der Waals surface area (Å²) in [6.07, 6.45) is 1.70. The first-order valence-corrected chi connectivity index (χ1v) is 7.81. The average molecular weight is 349 g/mol. The fourth-order valence-corrected chi connectivity index (χ4v) is 3.35. The van der Waals surface area contributed by atoms with Crippen LogP contribution in [0.3, 0.4) is 0 Å². The van der Waals surface area contributed by atoms with Crippen LogP contribution in [0.15, 0.2) is 46.5 Å². The molecule has 0 amide bonds. The molecule has 0 unspecified atom stereocenters. The molecule has 0 aliphatic heterocycles. The standard InChI is InChI=1S/C14H13BrN4S/c1-19-9-17-18-14(19)10-2-4-11(5-3-10)16-8-13-12(15)6-7-20-13/h2-7,9,16H,8H2,1H3. The summed E-state index contributed by atoms with van der Waals surface area (Å²) < 4.78 is 3.07. The largest absolute Gasteiger partial charge is 0.380 e. The van der Waals surface area contributed by atoms with Crippen molar-refractivity contribution in [1.82, 2.24) is 14.8 Å². The molecule has 102 valence electrons.